The highest BCUT2D eigenvalue weighted by Gasteiger charge is 2.38. The van der Waals surface area contributed by atoms with Crippen LogP contribution in [0, 0.1) is 23.7 Å². The fourth-order valence-electron chi connectivity index (χ4n) is 6.35. The van der Waals surface area contributed by atoms with E-state index in [9.17, 15) is 43.8 Å². The lowest BCUT2D eigenvalue weighted by Gasteiger charge is -2.30. The monoisotopic (exact) mass is 769 g/mol. The van der Waals surface area contributed by atoms with E-state index in [4.69, 9.17) is 4.74 Å². The van der Waals surface area contributed by atoms with E-state index in [2.05, 4.69) is 21.3 Å². The second-order valence-corrected chi connectivity index (χ2v) is 14.6. The molecular weight excluding hydrogens is 710 g/mol. The molecule has 0 radical (unpaired) electrons. The maximum absolute atomic E-state index is 13.9. The van der Waals surface area contributed by atoms with Crippen molar-refractivity contribution < 1.29 is 48.5 Å². The Balaban J connectivity index is 2.56. The molecule has 1 aliphatic heterocycles. The molecule has 1 aromatic carbocycles. The Morgan fingerprint density at radius 1 is 0.891 bits per heavy atom. The van der Waals surface area contributed by atoms with Gasteiger partial charge in [0.1, 0.15) is 24.2 Å². The molecule has 1 aromatic rings. The van der Waals surface area contributed by atoms with Crippen LogP contribution >= 0.6 is 0 Å². The summed E-state index contributed by atoms with van der Waals surface area (Å²) in [6, 6.07) is 3.37. The van der Waals surface area contributed by atoms with Gasteiger partial charge in [-0.15, -0.1) is 0 Å². The van der Waals surface area contributed by atoms with Gasteiger partial charge < -0.3 is 41.1 Å². The zero-order valence-corrected chi connectivity index (χ0v) is 33.3. The molecule has 1 fully saturated rings. The van der Waals surface area contributed by atoms with Crippen molar-refractivity contribution in [2.24, 2.45) is 23.7 Å². The number of amides is 5. The summed E-state index contributed by atoms with van der Waals surface area (Å²) in [5.41, 5.74) is 1.91. The first kappa shape index (κ1) is 46.1. The quantitative estimate of drug-likeness (QED) is 0.181. The SMILES string of the molecule is CC[C@H]1C(=O)N[C@@H](C(=O)O)[C@H](C)C(=O)N[C@@H](C(C)C)C(=O)N[C@@H](/C=C/C(C)=C/[C@H](C)[C@H](Cc2ccccc2)OC)[C@H](C)C(=O)N[C@@H](C(=O)O)CCC(=O)N1C. The summed E-state index contributed by atoms with van der Waals surface area (Å²) in [5.74, 6) is -9.48. The Kier molecular flexibility index (Phi) is 18.2. The van der Waals surface area contributed by atoms with Crippen molar-refractivity contribution in [1.29, 1.82) is 0 Å². The average Bonchev–Trinajstić information content (AvgIpc) is 3.13. The maximum Gasteiger partial charge on any atom is 0.327 e. The highest BCUT2D eigenvalue weighted by molar-refractivity contribution is 5.95. The summed E-state index contributed by atoms with van der Waals surface area (Å²) < 4.78 is 5.78. The summed E-state index contributed by atoms with van der Waals surface area (Å²) in [5, 5.41) is 30.3. The van der Waals surface area contributed by atoms with E-state index in [1.165, 1.54) is 20.9 Å². The number of carboxylic acids is 2. The van der Waals surface area contributed by atoms with Crippen LogP contribution in [0.15, 0.2) is 54.1 Å². The predicted octanol–water partition coefficient (Wildman–Crippen LogP) is 2.45. The highest BCUT2D eigenvalue weighted by atomic mass is 16.5. The minimum Gasteiger partial charge on any atom is -0.480 e. The summed E-state index contributed by atoms with van der Waals surface area (Å²) in [6.07, 6.45) is 5.27. The van der Waals surface area contributed by atoms with Crippen molar-refractivity contribution in [3.8, 4) is 0 Å². The van der Waals surface area contributed by atoms with Crippen molar-refractivity contribution in [3.05, 3.63) is 59.7 Å². The third kappa shape index (κ3) is 13.6. The van der Waals surface area contributed by atoms with Crippen molar-refractivity contribution in [1.82, 2.24) is 26.2 Å². The van der Waals surface area contributed by atoms with Gasteiger partial charge in [-0.3, -0.25) is 24.0 Å². The van der Waals surface area contributed by atoms with E-state index in [1.807, 2.05) is 50.3 Å². The molecule has 0 aromatic heterocycles. The van der Waals surface area contributed by atoms with Gasteiger partial charge in [-0.05, 0) is 37.7 Å². The first-order chi connectivity index (χ1) is 25.8. The lowest BCUT2D eigenvalue weighted by Crippen LogP contribution is -2.58. The summed E-state index contributed by atoms with van der Waals surface area (Å²) in [6.45, 7) is 11.6. The summed E-state index contributed by atoms with van der Waals surface area (Å²) >= 11 is 0. The molecule has 6 N–H and O–H groups in total. The zero-order valence-electron chi connectivity index (χ0n) is 33.3. The normalized spacial score (nSPS) is 26.9. The topological polar surface area (TPSA) is 221 Å². The number of benzene rings is 1. The molecule has 0 aliphatic carbocycles. The van der Waals surface area contributed by atoms with Crippen LogP contribution in [0.4, 0.5) is 0 Å². The number of allylic oxidation sites excluding steroid dienone is 2. The van der Waals surface area contributed by atoms with Crippen LogP contribution in [0.1, 0.15) is 73.3 Å². The molecular formula is C40H59N5O10. The van der Waals surface area contributed by atoms with Crippen LogP contribution in [0.25, 0.3) is 0 Å². The summed E-state index contributed by atoms with van der Waals surface area (Å²) in [7, 11) is 2.98. The number of rotatable bonds is 11. The van der Waals surface area contributed by atoms with Crippen molar-refractivity contribution in [3.63, 3.8) is 0 Å². The molecule has 9 atom stereocenters. The molecule has 15 heteroatoms. The molecule has 2 rings (SSSR count). The van der Waals surface area contributed by atoms with Crippen LogP contribution in [-0.4, -0.2) is 107 Å². The lowest BCUT2D eigenvalue weighted by molar-refractivity contribution is -0.148. The molecule has 304 valence electrons. The average molecular weight is 770 g/mol. The first-order valence-corrected chi connectivity index (χ1v) is 18.7. The van der Waals surface area contributed by atoms with E-state index in [0.717, 1.165) is 16.0 Å². The molecule has 15 nitrogen and oxygen atoms in total. The van der Waals surface area contributed by atoms with E-state index >= 15 is 0 Å². The molecule has 0 bridgehead atoms. The molecule has 5 amide bonds. The number of nitrogens with zero attached hydrogens (tertiary/aromatic N) is 1. The van der Waals surface area contributed by atoms with E-state index in [0.29, 0.717) is 6.42 Å². The number of hydrogen-bond acceptors (Lipinski definition) is 8. The van der Waals surface area contributed by atoms with Gasteiger partial charge in [0, 0.05) is 26.5 Å². The molecule has 0 saturated carbocycles. The van der Waals surface area contributed by atoms with Crippen LogP contribution in [0.3, 0.4) is 0 Å². The Hall–Kier alpha value is -5.05. The number of carboxylic acid groups (broad SMARTS) is 2. The highest BCUT2D eigenvalue weighted by Crippen LogP contribution is 2.19. The van der Waals surface area contributed by atoms with Crippen LogP contribution in [-0.2, 0) is 44.7 Å². The summed E-state index contributed by atoms with van der Waals surface area (Å²) in [4.78, 5) is 93.1. The zero-order chi connectivity index (χ0) is 41.6. The standard InChI is InChI=1S/C40H59N5O10/c1-10-30-37(49)44-34(40(53)54)26(7)36(48)43-33(22(2)3)38(50)41-28(25(6)35(47)42-29(39(51)52)18-19-32(46)45(30)8)17-16-23(4)20-24(5)31(55-9)21-27-14-12-11-13-15-27/h11-17,20,22,24-26,28-31,33-34H,10,18-19,21H2,1-9H3,(H,41,50)(H,42,47)(H,43,48)(H,44,49)(H,51,52)(H,53,54)/b17-16+,23-20+/t24-,25-,26-,28-,29+,30-,31-,33-,34+/m0/s1. The lowest BCUT2D eigenvalue weighted by atomic mass is 9.94. The molecule has 1 aliphatic rings. The molecule has 0 unspecified atom stereocenters. The predicted molar refractivity (Wildman–Crippen MR) is 205 cm³/mol. The fraction of sp³-hybridized carbons (Fsp3) is 0.575. The smallest absolute Gasteiger partial charge is 0.327 e. The van der Waals surface area contributed by atoms with Crippen LogP contribution < -0.4 is 21.3 Å². The van der Waals surface area contributed by atoms with Gasteiger partial charge in [-0.25, -0.2) is 9.59 Å². The molecule has 1 heterocycles. The second kappa shape index (κ2) is 21.7. The number of methoxy groups -OCH3 is 1. The number of carbonyl (C=O) groups excluding carboxylic acids is 5. The van der Waals surface area contributed by atoms with E-state index in [-0.39, 0.29) is 31.3 Å². The fourth-order valence-corrected chi connectivity index (χ4v) is 6.35. The van der Waals surface area contributed by atoms with Gasteiger partial charge in [0.05, 0.1) is 24.0 Å². The Morgan fingerprint density at radius 3 is 2.05 bits per heavy atom. The van der Waals surface area contributed by atoms with Crippen molar-refractivity contribution in [2.45, 2.75) is 110 Å². The number of carbonyl (C=O) groups is 7. The third-order valence-corrected chi connectivity index (χ3v) is 10.1. The first-order valence-electron chi connectivity index (χ1n) is 18.7. The Labute approximate surface area is 323 Å². The minimum atomic E-state index is -1.71. The molecule has 55 heavy (non-hydrogen) atoms. The number of ether oxygens (including phenoxy) is 1. The van der Waals surface area contributed by atoms with Crippen molar-refractivity contribution >= 4 is 41.5 Å². The third-order valence-electron chi connectivity index (χ3n) is 10.1. The second-order valence-electron chi connectivity index (χ2n) is 14.6. The van der Waals surface area contributed by atoms with Gasteiger partial charge in [0.2, 0.25) is 29.5 Å². The van der Waals surface area contributed by atoms with Gasteiger partial charge in [-0.2, -0.15) is 0 Å². The number of likely N-dealkylation sites (N-methyl/N-ethyl adjacent to an activating group) is 1. The minimum absolute atomic E-state index is 0.0349. The molecule has 1 saturated heterocycles. The largest absolute Gasteiger partial charge is 0.480 e. The van der Waals surface area contributed by atoms with E-state index < -0.39 is 89.4 Å². The van der Waals surface area contributed by atoms with Crippen LogP contribution in [0.2, 0.25) is 0 Å². The Morgan fingerprint density at radius 2 is 1.51 bits per heavy atom. The molecule has 0 spiro atoms. The van der Waals surface area contributed by atoms with Gasteiger partial charge in [0.15, 0.2) is 0 Å². The maximum atomic E-state index is 13.9. The van der Waals surface area contributed by atoms with Crippen LogP contribution in [0.5, 0.6) is 0 Å². The van der Waals surface area contributed by atoms with Gasteiger partial charge >= 0.3 is 11.9 Å². The van der Waals surface area contributed by atoms with Crippen molar-refractivity contribution in [2.75, 3.05) is 14.2 Å². The number of aliphatic carboxylic acids is 2. The number of hydrogen-bond donors (Lipinski definition) is 6. The van der Waals surface area contributed by atoms with Gasteiger partial charge in [0.25, 0.3) is 0 Å². The Bertz CT molecular complexity index is 1580. The number of nitrogens with one attached hydrogen (secondary N) is 4. The van der Waals surface area contributed by atoms with Gasteiger partial charge in [-0.1, -0.05) is 95.7 Å². The van der Waals surface area contributed by atoms with E-state index in [1.54, 1.807) is 40.0 Å².